The molecule has 2 rings (SSSR count). The molecule has 0 saturated carbocycles. The van der Waals surface area contributed by atoms with E-state index < -0.39 is 0 Å². The number of rotatable bonds is 1. The van der Waals surface area contributed by atoms with Gasteiger partial charge in [-0.05, 0) is 13.0 Å². The van der Waals surface area contributed by atoms with E-state index in [1.807, 2.05) is 0 Å². The Bertz CT molecular complexity index is 475. The molecular weight excluding hydrogens is 188 g/mol. The summed E-state index contributed by atoms with van der Waals surface area (Å²) >= 11 is 5.72. The van der Waals surface area contributed by atoms with Gasteiger partial charge in [-0.25, -0.2) is 4.98 Å². The van der Waals surface area contributed by atoms with E-state index in [4.69, 9.17) is 11.6 Å². The summed E-state index contributed by atoms with van der Waals surface area (Å²) < 4.78 is 0. The molecule has 0 bridgehead atoms. The highest BCUT2D eigenvalue weighted by Gasteiger charge is 2.07. The Hall–Kier alpha value is -1.35. The molecule has 0 unspecified atom stereocenters. The first kappa shape index (κ1) is 8.26. The van der Waals surface area contributed by atoms with Crippen LogP contribution in [0.3, 0.4) is 0 Å². The SMILES string of the molecule is CC(=O)c1c[nH]c2cnc(Cl)cc12. The number of nitrogens with zero attached hydrogens (tertiary/aromatic N) is 1. The second-order valence-electron chi connectivity index (χ2n) is 2.81. The lowest BCUT2D eigenvalue weighted by molar-refractivity contribution is 0.101. The van der Waals surface area contributed by atoms with Gasteiger partial charge in [0.15, 0.2) is 5.78 Å². The predicted octanol–water partition coefficient (Wildman–Crippen LogP) is 2.42. The van der Waals surface area contributed by atoms with E-state index in [0.29, 0.717) is 10.7 Å². The van der Waals surface area contributed by atoms with Gasteiger partial charge >= 0.3 is 0 Å². The third kappa shape index (κ3) is 1.31. The van der Waals surface area contributed by atoms with Crippen molar-refractivity contribution in [1.29, 1.82) is 0 Å². The summed E-state index contributed by atoms with van der Waals surface area (Å²) in [6.45, 7) is 1.52. The Morgan fingerprint density at radius 3 is 3.08 bits per heavy atom. The fourth-order valence-electron chi connectivity index (χ4n) is 1.29. The normalized spacial score (nSPS) is 10.6. The Morgan fingerprint density at radius 2 is 2.38 bits per heavy atom. The molecule has 0 spiro atoms. The summed E-state index contributed by atoms with van der Waals surface area (Å²) in [6, 6.07) is 1.68. The van der Waals surface area contributed by atoms with Crippen molar-refractivity contribution in [1.82, 2.24) is 9.97 Å². The molecule has 3 nitrogen and oxygen atoms in total. The van der Waals surface area contributed by atoms with Crippen molar-refractivity contribution in [3.05, 3.63) is 29.2 Å². The van der Waals surface area contributed by atoms with E-state index in [1.165, 1.54) is 6.92 Å². The number of aromatic amines is 1. The quantitative estimate of drug-likeness (QED) is 0.560. The molecular formula is C9H7ClN2O. The summed E-state index contributed by atoms with van der Waals surface area (Å²) in [5, 5.41) is 1.22. The number of Topliss-reactive ketones (excluding diaryl/α,β-unsaturated/α-hetero) is 1. The predicted molar refractivity (Wildman–Crippen MR) is 51.1 cm³/mol. The Balaban J connectivity index is 2.79. The number of fused-ring (bicyclic) bond motifs is 1. The number of carbonyl (C=O) groups excluding carboxylic acids is 1. The van der Waals surface area contributed by atoms with Gasteiger partial charge in [-0.3, -0.25) is 4.79 Å². The number of hydrogen-bond acceptors (Lipinski definition) is 2. The largest absolute Gasteiger partial charge is 0.359 e. The zero-order valence-electron chi connectivity index (χ0n) is 6.97. The lowest BCUT2D eigenvalue weighted by Crippen LogP contribution is -1.88. The molecule has 0 atom stereocenters. The number of pyridine rings is 1. The van der Waals surface area contributed by atoms with E-state index >= 15 is 0 Å². The minimum atomic E-state index is 0.0218. The number of nitrogens with one attached hydrogen (secondary N) is 1. The summed E-state index contributed by atoms with van der Waals surface area (Å²) in [5.41, 5.74) is 1.48. The van der Waals surface area contributed by atoms with Crippen LogP contribution in [-0.2, 0) is 0 Å². The number of halogens is 1. The van der Waals surface area contributed by atoms with E-state index in [9.17, 15) is 4.79 Å². The lowest BCUT2D eigenvalue weighted by Gasteiger charge is -1.92. The standard InChI is InChI=1S/C9H7ClN2O/c1-5(13)7-3-11-8-4-12-9(10)2-6(7)8/h2-4,11H,1H3. The number of hydrogen-bond donors (Lipinski definition) is 1. The van der Waals surface area contributed by atoms with Crippen LogP contribution in [0.2, 0.25) is 5.15 Å². The number of aromatic nitrogens is 2. The molecule has 1 N–H and O–H groups in total. The van der Waals surface area contributed by atoms with Crippen molar-refractivity contribution in [2.45, 2.75) is 6.92 Å². The van der Waals surface area contributed by atoms with Gasteiger partial charge in [0.25, 0.3) is 0 Å². The van der Waals surface area contributed by atoms with Crippen LogP contribution in [0.4, 0.5) is 0 Å². The Labute approximate surface area is 79.7 Å². The molecule has 0 radical (unpaired) electrons. The van der Waals surface area contributed by atoms with Gasteiger partial charge in [-0.15, -0.1) is 0 Å². The summed E-state index contributed by atoms with van der Waals surface area (Å²) in [7, 11) is 0. The zero-order chi connectivity index (χ0) is 9.42. The highest BCUT2D eigenvalue weighted by molar-refractivity contribution is 6.30. The highest BCUT2D eigenvalue weighted by atomic mass is 35.5. The lowest BCUT2D eigenvalue weighted by atomic mass is 10.1. The first-order valence-corrected chi connectivity index (χ1v) is 4.20. The monoisotopic (exact) mass is 194 g/mol. The molecule has 66 valence electrons. The van der Waals surface area contributed by atoms with Crippen molar-refractivity contribution >= 4 is 28.3 Å². The van der Waals surface area contributed by atoms with Gasteiger partial charge < -0.3 is 4.98 Å². The van der Waals surface area contributed by atoms with Gasteiger partial charge in [0.1, 0.15) is 5.15 Å². The van der Waals surface area contributed by atoms with Crippen LogP contribution in [0.1, 0.15) is 17.3 Å². The summed E-state index contributed by atoms with van der Waals surface area (Å²) in [5.74, 6) is 0.0218. The summed E-state index contributed by atoms with van der Waals surface area (Å²) in [6.07, 6.45) is 3.29. The molecule has 13 heavy (non-hydrogen) atoms. The fourth-order valence-corrected chi connectivity index (χ4v) is 1.44. The molecule has 0 aliphatic rings. The van der Waals surface area contributed by atoms with Crippen LogP contribution < -0.4 is 0 Å². The van der Waals surface area contributed by atoms with Crippen molar-refractivity contribution in [3.8, 4) is 0 Å². The molecule has 2 aromatic heterocycles. The smallest absolute Gasteiger partial charge is 0.161 e. The molecule has 0 aromatic carbocycles. The number of ketones is 1. The summed E-state index contributed by atoms with van der Waals surface area (Å²) in [4.78, 5) is 18.0. The third-order valence-corrected chi connectivity index (χ3v) is 2.12. The topological polar surface area (TPSA) is 45.8 Å². The van der Waals surface area contributed by atoms with Crippen molar-refractivity contribution in [2.24, 2.45) is 0 Å². The fraction of sp³-hybridized carbons (Fsp3) is 0.111. The van der Waals surface area contributed by atoms with Crippen LogP contribution >= 0.6 is 11.6 Å². The van der Waals surface area contributed by atoms with Crippen molar-refractivity contribution < 1.29 is 4.79 Å². The van der Waals surface area contributed by atoms with E-state index in [-0.39, 0.29) is 5.78 Å². The minimum Gasteiger partial charge on any atom is -0.359 e. The molecule has 2 aromatic rings. The van der Waals surface area contributed by atoms with E-state index in [1.54, 1.807) is 18.5 Å². The minimum absolute atomic E-state index is 0.0218. The molecule has 0 aliphatic carbocycles. The van der Waals surface area contributed by atoms with Gasteiger partial charge in [0, 0.05) is 17.1 Å². The van der Waals surface area contributed by atoms with E-state index in [2.05, 4.69) is 9.97 Å². The van der Waals surface area contributed by atoms with Crippen LogP contribution in [-0.4, -0.2) is 15.8 Å². The highest BCUT2D eigenvalue weighted by Crippen LogP contribution is 2.20. The third-order valence-electron chi connectivity index (χ3n) is 1.91. The van der Waals surface area contributed by atoms with Crippen LogP contribution in [0, 0.1) is 0 Å². The van der Waals surface area contributed by atoms with Crippen molar-refractivity contribution in [2.75, 3.05) is 0 Å². The van der Waals surface area contributed by atoms with Crippen LogP contribution in [0.25, 0.3) is 10.9 Å². The van der Waals surface area contributed by atoms with Gasteiger partial charge in [0.2, 0.25) is 0 Å². The zero-order valence-corrected chi connectivity index (χ0v) is 7.72. The van der Waals surface area contributed by atoms with E-state index in [0.717, 1.165) is 10.9 Å². The average molecular weight is 195 g/mol. The second kappa shape index (κ2) is 2.85. The molecule has 2 heterocycles. The van der Waals surface area contributed by atoms with Crippen molar-refractivity contribution in [3.63, 3.8) is 0 Å². The molecule has 0 aliphatic heterocycles. The van der Waals surface area contributed by atoms with Gasteiger partial charge in [-0.2, -0.15) is 0 Å². The average Bonchev–Trinajstić information content (AvgIpc) is 2.46. The second-order valence-corrected chi connectivity index (χ2v) is 3.20. The molecule has 0 amide bonds. The molecule has 0 fully saturated rings. The maximum atomic E-state index is 11.1. The van der Waals surface area contributed by atoms with Gasteiger partial charge in [-0.1, -0.05) is 11.6 Å². The molecule has 0 saturated heterocycles. The molecule has 4 heteroatoms. The number of carbonyl (C=O) groups is 1. The first-order chi connectivity index (χ1) is 6.18. The first-order valence-electron chi connectivity index (χ1n) is 3.82. The Kier molecular flexibility index (Phi) is 1.81. The van der Waals surface area contributed by atoms with Gasteiger partial charge in [0.05, 0.1) is 11.7 Å². The van der Waals surface area contributed by atoms with Crippen LogP contribution in [0.15, 0.2) is 18.5 Å². The Morgan fingerprint density at radius 1 is 1.62 bits per heavy atom. The van der Waals surface area contributed by atoms with Crippen LogP contribution in [0.5, 0.6) is 0 Å². The number of H-pyrrole nitrogens is 1. The maximum Gasteiger partial charge on any atom is 0.161 e. The maximum absolute atomic E-state index is 11.1.